The van der Waals surface area contributed by atoms with Crippen LogP contribution in [0.3, 0.4) is 0 Å². The molecule has 0 aliphatic heterocycles. The monoisotopic (exact) mass is 414 g/mol. The lowest BCUT2D eigenvalue weighted by molar-refractivity contribution is -0.147. The van der Waals surface area contributed by atoms with Gasteiger partial charge in [-0.25, -0.2) is 4.79 Å². The Morgan fingerprint density at radius 1 is 0.933 bits per heavy atom. The van der Waals surface area contributed by atoms with Crippen LogP contribution in [-0.4, -0.2) is 40.5 Å². The quantitative estimate of drug-likeness (QED) is 0.543. The highest BCUT2D eigenvalue weighted by Crippen LogP contribution is 2.41. The van der Waals surface area contributed by atoms with E-state index in [0.29, 0.717) is 45.3 Å². The third-order valence-corrected chi connectivity index (χ3v) is 4.49. The molecule has 0 radical (unpaired) electrons. The van der Waals surface area contributed by atoms with Gasteiger partial charge in [-0.15, -0.1) is 0 Å². The first-order chi connectivity index (χ1) is 14.4. The van der Waals surface area contributed by atoms with Crippen LogP contribution >= 0.6 is 0 Å². The van der Waals surface area contributed by atoms with E-state index < -0.39 is 12.1 Å². The van der Waals surface area contributed by atoms with E-state index in [4.69, 9.17) is 23.4 Å². The Hall–Kier alpha value is -3.68. The molecule has 0 N–H and O–H groups in total. The third kappa shape index (κ3) is 4.03. The highest BCUT2D eigenvalue weighted by Gasteiger charge is 2.18. The van der Waals surface area contributed by atoms with E-state index in [0.717, 1.165) is 0 Å². The summed E-state index contributed by atoms with van der Waals surface area (Å²) >= 11 is 0. The van der Waals surface area contributed by atoms with E-state index in [9.17, 15) is 9.59 Å². The summed E-state index contributed by atoms with van der Waals surface area (Å²) in [6, 6.07) is 9.51. The summed E-state index contributed by atoms with van der Waals surface area (Å²) in [4.78, 5) is 24.3. The minimum atomic E-state index is -0.807. The Balaban J connectivity index is 2.05. The summed E-state index contributed by atoms with van der Waals surface area (Å²) in [6.45, 7) is 1.56. The summed E-state index contributed by atoms with van der Waals surface area (Å²) in [5, 5.41) is 0.320. The van der Waals surface area contributed by atoms with Gasteiger partial charge in [0.25, 0.3) is 0 Å². The van der Waals surface area contributed by atoms with Crippen LogP contribution in [0, 0.1) is 0 Å². The van der Waals surface area contributed by atoms with Crippen LogP contribution in [0.4, 0.5) is 0 Å². The fraction of sp³-hybridized carbons (Fsp3) is 0.273. The maximum atomic E-state index is 12.7. The molecule has 3 aromatic rings. The molecule has 158 valence electrons. The van der Waals surface area contributed by atoms with Crippen LogP contribution in [-0.2, 0) is 9.53 Å². The van der Waals surface area contributed by atoms with Crippen LogP contribution in [0.1, 0.15) is 6.92 Å². The van der Waals surface area contributed by atoms with Gasteiger partial charge in [0.1, 0.15) is 17.1 Å². The van der Waals surface area contributed by atoms with Crippen LogP contribution in [0.15, 0.2) is 45.6 Å². The van der Waals surface area contributed by atoms with Crippen LogP contribution in [0.25, 0.3) is 22.3 Å². The Labute approximate surface area is 172 Å². The first-order valence-electron chi connectivity index (χ1n) is 9.04. The molecule has 0 fully saturated rings. The fourth-order valence-corrected chi connectivity index (χ4v) is 2.99. The number of carbonyl (C=O) groups is 1. The molecular weight excluding hydrogens is 392 g/mol. The van der Waals surface area contributed by atoms with Gasteiger partial charge in [0.2, 0.25) is 5.75 Å². The average Bonchev–Trinajstić information content (AvgIpc) is 2.77. The first-order valence-corrected chi connectivity index (χ1v) is 9.04. The number of methoxy groups -OCH3 is 4. The molecule has 8 nitrogen and oxygen atoms in total. The van der Waals surface area contributed by atoms with E-state index in [2.05, 4.69) is 4.74 Å². The Morgan fingerprint density at radius 2 is 1.60 bits per heavy atom. The summed E-state index contributed by atoms with van der Waals surface area (Å²) in [5.74, 6) is 1.50. The van der Waals surface area contributed by atoms with Crippen molar-refractivity contribution in [1.29, 1.82) is 0 Å². The predicted molar refractivity (Wildman–Crippen MR) is 110 cm³/mol. The summed E-state index contributed by atoms with van der Waals surface area (Å²) in [6.07, 6.45) is -0.807. The maximum absolute atomic E-state index is 12.7. The smallest absolute Gasteiger partial charge is 0.346 e. The lowest BCUT2D eigenvalue weighted by Crippen LogP contribution is -2.24. The zero-order valence-electron chi connectivity index (χ0n) is 17.3. The van der Waals surface area contributed by atoms with Crippen molar-refractivity contribution in [2.75, 3.05) is 28.4 Å². The second-order valence-electron chi connectivity index (χ2n) is 6.33. The molecule has 1 aromatic heterocycles. The summed E-state index contributed by atoms with van der Waals surface area (Å²) < 4.78 is 32.1. The number of benzene rings is 2. The van der Waals surface area contributed by atoms with Gasteiger partial charge in [0.05, 0.1) is 33.8 Å². The highest BCUT2D eigenvalue weighted by molar-refractivity contribution is 5.81. The number of hydrogen-bond acceptors (Lipinski definition) is 8. The normalized spacial score (nSPS) is 11.6. The molecule has 2 aromatic carbocycles. The lowest BCUT2D eigenvalue weighted by atomic mass is 10.1. The van der Waals surface area contributed by atoms with Crippen molar-refractivity contribution in [3.05, 3.63) is 46.6 Å². The van der Waals surface area contributed by atoms with Crippen LogP contribution in [0.5, 0.6) is 23.0 Å². The molecule has 0 unspecified atom stereocenters. The molecule has 0 saturated heterocycles. The minimum absolute atomic E-state index is 0.267. The third-order valence-electron chi connectivity index (χ3n) is 4.49. The number of hydrogen-bond donors (Lipinski definition) is 0. The molecule has 0 aliphatic carbocycles. The zero-order chi connectivity index (χ0) is 21.8. The van der Waals surface area contributed by atoms with E-state index in [-0.39, 0.29) is 5.43 Å². The standard InChI is InChI=1S/C22H22O8/c1-12(22(24)28-5)29-14-6-7-17-15(10-14)16(23)11-18(30-17)13-8-19(25-2)21(27-4)20(9-13)26-3/h6-12H,1-5H3/t12-/m0/s1. The van der Waals surface area contributed by atoms with Gasteiger partial charge in [-0.05, 0) is 37.3 Å². The number of rotatable bonds is 7. The van der Waals surface area contributed by atoms with Crippen molar-refractivity contribution in [1.82, 2.24) is 0 Å². The molecule has 1 atom stereocenters. The average molecular weight is 414 g/mol. The van der Waals surface area contributed by atoms with E-state index >= 15 is 0 Å². The number of carbonyl (C=O) groups excluding carboxylic acids is 1. The van der Waals surface area contributed by atoms with Crippen molar-refractivity contribution in [2.24, 2.45) is 0 Å². The van der Waals surface area contributed by atoms with Crippen molar-refractivity contribution < 1.29 is 32.9 Å². The molecule has 1 heterocycles. The van der Waals surface area contributed by atoms with Crippen LogP contribution in [0.2, 0.25) is 0 Å². The van der Waals surface area contributed by atoms with Gasteiger partial charge >= 0.3 is 5.97 Å². The number of esters is 1. The van der Waals surface area contributed by atoms with E-state index in [1.54, 1.807) is 31.2 Å². The first kappa shape index (κ1) is 21.0. The molecule has 0 bridgehead atoms. The Kier molecular flexibility index (Phi) is 6.15. The van der Waals surface area contributed by atoms with Gasteiger partial charge in [-0.3, -0.25) is 4.79 Å². The summed E-state index contributed by atoms with van der Waals surface area (Å²) in [5.41, 5.74) is 0.684. The number of ether oxygens (including phenoxy) is 5. The van der Waals surface area contributed by atoms with Crippen molar-refractivity contribution in [2.45, 2.75) is 13.0 Å². The largest absolute Gasteiger partial charge is 0.493 e. The molecule has 0 amide bonds. The van der Waals surface area contributed by atoms with Gasteiger partial charge in [0, 0.05) is 11.6 Å². The second-order valence-corrected chi connectivity index (χ2v) is 6.33. The fourth-order valence-electron chi connectivity index (χ4n) is 2.99. The Morgan fingerprint density at radius 3 is 2.17 bits per heavy atom. The van der Waals surface area contributed by atoms with Gasteiger partial charge in [0.15, 0.2) is 23.0 Å². The molecule has 0 aliphatic rings. The van der Waals surface area contributed by atoms with Crippen molar-refractivity contribution in [3.8, 4) is 34.3 Å². The van der Waals surface area contributed by atoms with Crippen molar-refractivity contribution >= 4 is 16.9 Å². The topological polar surface area (TPSA) is 93.4 Å². The molecule has 30 heavy (non-hydrogen) atoms. The van der Waals surface area contributed by atoms with Gasteiger partial charge in [-0.2, -0.15) is 0 Å². The maximum Gasteiger partial charge on any atom is 0.346 e. The molecule has 8 heteroatoms. The van der Waals surface area contributed by atoms with E-state index in [1.165, 1.54) is 40.6 Å². The van der Waals surface area contributed by atoms with E-state index in [1.807, 2.05) is 0 Å². The second kappa shape index (κ2) is 8.77. The van der Waals surface area contributed by atoms with Gasteiger partial charge in [-0.1, -0.05) is 0 Å². The summed E-state index contributed by atoms with van der Waals surface area (Å²) in [7, 11) is 5.81. The lowest BCUT2D eigenvalue weighted by Gasteiger charge is -2.14. The SMILES string of the molecule is COC(=O)[C@H](C)Oc1ccc2oc(-c3cc(OC)c(OC)c(OC)c3)cc(=O)c2c1. The van der Waals surface area contributed by atoms with Crippen molar-refractivity contribution in [3.63, 3.8) is 0 Å². The predicted octanol–water partition coefficient (Wildman–Crippen LogP) is 3.43. The molecule has 0 spiro atoms. The zero-order valence-corrected chi connectivity index (χ0v) is 17.3. The Bertz CT molecular complexity index is 1110. The number of fused-ring (bicyclic) bond motifs is 1. The molecule has 0 saturated carbocycles. The minimum Gasteiger partial charge on any atom is -0.493 e. The van der Waals surface area contributed by atoms with Crippen LogP contribution < -0.4 is 24.4 Å². The molecular formula is C22H22O8. The van der Waals surface area contributed by atoms with Gasteiger partial charge < -0.3 is 28.1 Å². The molecule has 3 rings (SSSR count). The highest BCUT2D eigenvalue weighted by atomic mass is 16.6.